The molecule has 0 saturated carbocycles. The molecule has 0 fully saturated rings. The number of ether oxygens (including phenoxy) is 3. The summed E-state index contributed by atoms with van der Waals surface area (Å²) in [6.07, 6.45) is 56.6. The summed E-state index contributed by atoms with van der Waals surface area (Å²) in [6, 6.07) is 57.2. The lowest BCUT2D eigenvalue weighted by Crippen LogP contribution is -2.01. The van der Waals surface area contributed by atoms with Crippen LogP contribution in [0.2, 0.25) is 0 Å². The highest BCUT2D eigenvalue weighted by atomic mass is 19.2. The van der Waals surface area contributed by atoms with Crippen LogP contribution in [0, 0.1) is 41.8 Å². The molecule has 0 aliphatic carbocycles. The summed E-state index contributed by atoms with van der Waals surface area (Å²) in [5, 5.41) is 0. The molecule has 10 aromatic rings. The predicted octanol–water partition coefficient (Wildman–Crippen LogP) is 37.2. The van der Waals surface area contributed by atoms with E-state index in [1.54, 1.807) is 30.3 Å². The second kappa shape index (κ2) is 66.4. The van der Waals surface area contributed by atoms with Crippen LogP contribution in [0.25, 0.3) is 67.0 Å². The Kier molecular flexibility index (Phi) is 57.7. The van der Waals surface area contributed by atoms with E-state index in [0.29, 0.717) is 46.6 Å². The zero-order valence-corrected chi connectivity index (χ0v) is 76.4. The molecule has 0 N–H and O–H groups in total. The summed E-state index contributed by atoms with van der Waals surface area (Å²) in [7, 11) is 0. The van der Waals surface area contributed by atoms with Crippen molar-refractivity contribution in [2.75, 3.05) is 19.8 Å². The number of unbranched alkanes of at least 4 members (excludes halogenated alkanes) is 32. The molecule has 690 valence electrons. The predicted molar refractivity (Wildman–Crippen MR) is 530 cm³/mol. The Morgan fingerprint density at radius 3 is 0.778 bits per heavy atom. The van der Waals surface area contributed by atoms with Gasteiger partial charge in [0.15, 0.2) is 40.6 Å². The number of halogens is 6. The molecular weight excluding hydrogens is 1570 g/mol. The Labute approximate surface area is 761 Å². The standard InChI is InChI=1S/C31H38F2O.C28H32F2.C28H44N2O.C25H34F2O.3CH4/c1-3-5-7-8-9-11-23-34-29-22-21-28(30(32)31(29)33)27-19-17-26(18-20-27)25-15-13-24(14-16-25)12-10-6-4-2;1-3-4-5-6-7-8-9-10-22-13-17-24(18-14-22)26-20-19-25(27(29)28(26)30)23-15-11-21(2)12-16-23;1-3-5-7-9-11-13-15-17-25-23-29-28(30-24-25)26-18-20-27(21-19-26)31-22-16-14-12-10-8-6-4-2;1-3-5-7-8-9-11-19-28-23-18-17-22(24(26)25(23)27)21-15-13-20(14-16-21)12-10-6-4-2;;;/h13-22H,3-12,23H2,1-2H3;11-20H,3-10H2,1-2H3;18-21,23-24H,3-17,22H2,1-2H3;13-18H,3-12,19H2,1-2H3;3*1H4. The minimum Gasteiger partial charge on any atom is -0.494 e. The van der Waals surface area contributed by atoms with Crippen molar-refractivity contribution in [3.63, 3.8) is 0 Å². The van der Waals surface area contributed by atoms with Crippen molar-refractivity contribution in [3.05, 3.63) is 257 Å². The lowest BCUT2D eigenvalue weighted by molar-refractivity contribution is 0.285. The number of rotatable bonds is 55. The quantitative estimate of drug-likeness (QED) is 0.0281. The van der Waals surface area contributed by atoms with Crippen LogP contribution in [-0.2, 0) is 25.7 Å². The van der Waals surface area contributed by atoms with Gasteiger partial charge < -0.3 is 14.2 Å². The zero-order valence-electron chi connectivity index (χ0n) is 76.4. The van der Waals surface area contributed by atoms with Crippen molar-refractivity contribution < 1.29 is 40.6 Å². The van der Waals surface area contributed by atoms with Gasteiger partial charge in [0.05, 0.1) is 19.8 Å². The molecule has 0 atom stereocenters. The summed E-state index contributed by atoms with van der Waals surface area (Å²) in [5.74, 6) is -3.34. The van der Waals surface area contributed by atoms with Crippen LogP contribution in [0.15, 0.2) is 194 Å². The molecule has 0 bridgehead atoms. The highest BCUT2D eigenvalue weighted by molar-refractivity contribution is 5.74. The van der Waals surface area contributed by atoms with Gasteiger partial charge in [0.1, 0.15) is 5.75 Å². The first-order chi connectivity index (χ1) is 60.2. The average molecular weight is 1730 g/mol. The Bertz CT molecular complexity index is 4420. The third-order valence-electron chi connectivity index (χ3n) is 23.2. The summed E-state index contributed by atoms with van der Waals surface area (Å²) >= 11 is 0. The van der Waals surface area contributed by atoms with E-state index in [9.17, 15) is 26.3 Å². The molecule has 9 aromatic carbocycles. The lowest BCUT2D eigenvalue weighted by atomic mass is 9.97. The Hall–Kier alpha value is -8.96. The second-order valence-corrected chi connectivity index (χ2v) is 33.6. The minimum absolute atomic E-state index is 0. The van der Waals surface area contributed by atoms with Gasteiger partial charge in [-0.2, -0.15) is 8.78 Å². The summed E-state index contributed by atoms with van der Waals surface area (Å²) in [6.45, 7) is 19.1. The van der Waals surface area contributed by atoms with Crippen molar-refractivity contribution >= 4 is 0 Å². The molecular formula is C115H160F6N2O3. The Morgan fingerprint density at radius 2 is 0.444 bits per heavy atom. The van der Waals surface area contributed by atoms with Gasteiger partial charge in [-0.1, -0.05) is 415 Å². The number of benzene rings is 9. The molecule has 0 aliphatic heterocycles. The van der Waals surface area contributed by atoms with Gasteiger partial charge in [-0.3, -0.25) is 0 Å². The maximum absolute atomic E-state index is 14.8. The molecule has 0 amide bonds. The van der Waals surface area contributed by atoms with Crippen molar-refractivity contribution in [1.29, 1.82) is 0 Å². The summed E-state index contributed by atoms with van der Waals surface area (Å²) in [4.78, 5) is 9.17. The maximum atomic E-state index is 14.8. The molecule has 1 aromatic heterocycles. The van der Waals surface area contributed by atoms with E-state index in [1.165, 1.54) is 234 Å². The molecule has 0 unspecified atom stereocenters. The van der Waals surface area contributed by atoms with E-state index >= 15 is 0 Å². The zero-order chi connectivity index (χ0) is 87.7. The minimum atomic E-state index is -0.911. The van der Waals surface area contributed by atoms with Crippen molar-refractivity contribution in [1.82, 2.24) is 9.97 Å². The third-order valence-corrected chi connectivity index (χ3v) is 23.2. The van der Waals surface area contributed by atoms with Crippen molar-refractivity contribution in [2.24, 2.45) is 0 Å². The van der Waals surface area contributed by atoms with Gasteiger partial charge in [-0.15, -0.1) is 0 Å². The SMILES string of the molecule is C.C.C.CCCCCCCCCOc1ccc(-c2ncc(CCCCCCCCC)cn2)cc1.CCCCCCCCCc1ccc(-c2ccc(-c3ccc(C)cc3)c(F)c2F)cc1.CCCCCCCCOc1ccc(-c2ccc(-c3ccc(CCCCC)cc3)cc2)c(F)c1F.CCCCCCCCOc1ccc(-c2ccc(CCCCC)cc2)c(F)c1F. The van der Waals surface area contributed by atoms with Crippen LogP contribution in [-0.4, -0.2) is 29.8 Å². The fraction of sp³-hybridized carbons (Fsp3) is 0.496. The van der Waals surface area contributed by atoms with Gasteiger partial charge in [0, 0.05) is 40.2 Å². The van der Waals surface area contributed by atoms with Crippen molar-refractivity contribution in [2.45, 2.75) is 354 Å². The van der Waals surface area contributed by atoms with E-state index in [0.717, 1.165) is 111 Å². The van der Waals surface area contributed by atoms with E-state index in [1.807, 2.05) is 129 Å². The molecule has 11 heteroatoms. The molecule has 0 spiro atoms. The number of nitrogens with zero attached hydrogens (tertiary/aromatic N) is 2. The Morgan fingerprint density at radius 1 is 0.214 bits per heavy atom. The third kappa shape index (κ3) is 40.6. The number of aryl methyl sites for hydroxylation is 5. The first-order valence-electron chi connectivity index (χ1n) is 47.9. The fourth-order valence-corrected chi connectivity index (χ4v) is 15.3. The van der Waals surface area contributed by atoms with Crippen LogP contribution >= 0.6 is 0 Å². The van der Waals surface area contributed by atoms with Crippen molar-refractivity contribution in [3.8, 4) is 84.3 Å². The van der Waals surface area contributed by atoms with Crippen LogP contribution in [0.1, 0.15) is 349 Å². The summed E-state index contributed by atoms with van der Waals surface area (Å²) in [5.41, 5.74) is 13.3. The normalized spacial score (nSPS) is 10.8. The largest absolute Gasteiger partial charge is 0.494 e. The molecule has 0 saturated heterocycles. The summed E-state index contributed by atoms with van der Waals surface area (Å²) < 4.78 is 105. The lowest BCUT2D eigenvalue weighted by Gasteiger charge is -2.11. The smallest absolute Gasteiger partial charge is 0.201 e. The van der Waals surface area contributed by atoms with Gasteiger partial charge in [-0.05, 0) is 182 Å². The molecule has 10 rings (SSSR count). The van der Waals surface area contributed by atoms with Crippen LogP contribution < -0.4 is 14.2 Å². The van der Waals surface area contributed by atoms with Gasteiger partial charge >= 0.3 is 0 Å². The highest BCUT2D eigenvalue weighted by Gasteiger charge is 2.20. The molecule has 5 nitrogen and oxygen atoms in total. The molecule has 1 heterocycles. The first kappa shape index (κ1) is 109. The Balaban J connectivity index is 0.000000350. The van der Waals surface area contributed by atoms with E-state index in [2.05, 4.69) is 94.8 Å². The topological polar surface area (TPSA) is 53.5 Å². The second-order valence-electron chi connectivity index (χ2n) is 33.6. The molecule has 0 radical (unpaired) electrons. The van der Waals surface area contributed by atoms with E-state index in [4.69, 9.17) is 14.2 Å². The van der Waals surface area contributed by atoms with E-state index < -0.39 is 34.9 Å². The first-order valence-corrected chi connectivity index (χ1v) is 47.9. The number of aromatic nitrogens is 2. The molecule has 0 aliphatic rings. The fourth-order valence-electron chi connectivity index (χ4n) is 15.3. The van der Waals surface area contributed by atoms with E-state index in [-0.39, 0.29) is 44.9 Å². The highest BCUT2D eigenvalue weighted by Crippen LogP contribution is 2.36. The average Bonchev–Trinajstić information content (AvgIpc) is 0.803. The monoisotopic (exact) mass is 1730 g/mol. The van der Waals surface area contributed by atoms with Crippen LogP contribution in [0.5, 0.6) is 17.2 Å². The van der Waals surface area contributed by atoms with Crippen LogP contribution in [0.3, 0.4) is 0 Å². The maximum Gasteiger partial charge on any atom is 0.201 e. The van der Waals surface area contributed by atoms with Gasteiger partial charge in [0.25, 0.3) is 0 Å². The van der Waals surface area contributed by atoms with Gasteiger partial charge in [-0.25, -0.2) is 27.5 Å². The number of hydrogen-bond donors (Lipinski definition) is 0. The van der Waals surface area contributed by atoms with Gasteiger partial charge in [0.2, 0.25) is 11.6 Å². The molecule has 126 heavy (non-hydrogen) atoms. The van der Waals surface area contributed by atoms with Crippen LogP contribution in [0.4, 0.5) is 26.3 Å². The number of hydrogen-bond acceptors (Lipinski definition) is 5.